The lowest BCUT2D eigenvalue weighted by atomic mass is 10.1. The van der Waals surface area contributed by atoms with Crippen LogP contribution in [-0.4, -0.2) is 44.9 Å². The summed E-state index contributed by atoms with van der Waals surface area (Å²) in [6, 6.07) is 16.2. The quantitative estimate of drug-likeness (QED) is 0.308. The lowest BCUT2D eigenvalue weighted by Gasteiger charge is -2.15. The summed E-state index contributed by atoms with van der Waals surface area (Å²) < 4.78 is 1.05. The molecule has 0 amide bonds. The number of aromatic nitrogens is 4. The van der Waals surface area contributed by atoms with E-state index in [0.717, 1.165) is 15.3 Å². The summed E-state index contributed by atoms with van der Waals surface area (Å²) in [4.78, 5) is 50.8. The molecule has 5 rings (SSSR count). The number of hydrogen-bond acceptors (Lipinski definition) is 6. The number of aliphatic imine (C=N–C) groups is 1. The van der Waals surface area contributed by atoms with E-state index in [2.05, 4.69) is 19.9 Å². The molecule has 10 heteroatoms. The Morgan fingerprint density at radius 2 is 1.65 bits per heavy atom. The molecular weight excluding hydrogens is 436 g/mol. The fourth-order valence-electron chi connectivity index (χ4n) is 3.94. The van der Waals surface area contributed by atoms with Crippen molar-refractivity contribution in [3.8, 4) is 11.6 Å². The van der Waals surface area contributed by atoms with E-state index in [1.165, 1.54) is 6.21 Å². The van der Waals surface area contributed by atoms with E-state index in [1.54, 1.807) is 29.2 Å². The van der Waals surface area contributed by atoms with Crippen LogP contribution in [0.3, 0.4) is 0 Å². The zero-order valence-electron chi connectivity index (χ0n) is 18.3. The second kappa shape index (κ2) is 7.93. The maximum atomic E-state index is 12.7. The number of fused-ring (bicyclic) bond motifs is 2. The van der Waals surface area contributed by atoms with Crippen LogP contribution < -0.4 is 21.8 Å². The fourth-order valence-corrected chi connectivity index (χ4v) is 3.94. The van der Waals surface area contributed by atoms with Gasteiger partial charge in [-0.3, -0.25) is 14.8 Å². The highest BCUT2D eigenvalue weighted by Gasteiger charge is 2.16. The van der Waals surface area contributed by atoms with Crippen molar-refractivity contribution in [2.75, 3.05) is 19.0 Å². The molecule has 0 atom stereocenters. The standard InChI is InChI=1S/C24H20N6O4/c1-29(2)20-11-17-16(26-23(33)27-17)10-18(20)25-12-15-21(31)28-24(34)30(22(15)32)19-9-5-7-13-6-3-4-8-14(13)19/h3-12,32H,1-2H3,(H2,26,27,33)(H,28,31,34). The second-order valence-corrected chi connectivity index (χ2v) is 7.95. The van der Waals surface area contributed by atoms with Gasteiger partial charge in [0.15, 0.2) is 0 Å². The van der Waals surface area contributed by atoms with Crippen molar-refractivity contribution in [1.29, 1.82) is 0 Å². The third-order valence-corrected chi connectivity index (χ3v) is 5.55. The first-order chi connectivity index (χ1) is 16.3. The molecule has 4 N–H and O–H groups in total. The van der Waals surface area contributed by atoms with Crippen LogP contribution in [0, 0.1) is 0 Å². The Morgan fingerprint density at radius 3 is 2.41 bits per heavy atom. The highest BCUT2D eigenvalue weighted by atomic mass is 16.3. The van der Waals surface area contributed by atoms with Gasteiger partial charge in [0.05, 0.1) is 28.1 Å². The molecule has 0 bridgehead atoms. The van der Waals surface area contributed by atoms with Crippen molar-refractivity contribution >= 4 is 39.4 Å². The van der Waals surface area contributed by atoms with E-state index < -0.39 is 17.1 Å². The minimum absolute atomic E-state index is 0.181. The van der Waals surface area contributed by atoms with Crippen molar-refractivity contribution in [2.45, 2.75) is 0 Å². The SMILES string of the molecule is CN(C)c1cc2[nH]c(=O)[nH]c2cc1N=Cc1c(O)n(-c2cccc3ccccc23)c(=O)[nH]c1=O. The molecule has 0 aliphatic rings. The molecule has 0 spiro atoms. The van der Waals surface area contributed by atoms with Gasteiger partial charge in [-0.25, -0.2) is 14.2 Å². The molecule has 0 aliphatic heterocycles. The number of nitrogens with one attached hydrogen (secondary N) is 3. The van der Waals surface area contributed by atoms with Crippen molar-refractivity contribution in [1.82, 2.24) is 19.5 Å². The minimum Gasteiger partial charge on any atom is -0.493 e. The molecular formula is C24H20N6O4. The average molecular weight is 456 g/mol. The Labute approximate surface area is 191 Å². The normalized spacial score (nSPS) is 11.6. The molecule has 0 aliphatic carbocycles. The first-order valence-electron chi connectivity index (χ1n) is 10.4. The number of aromatic amines is 3. The number of hydrogen-bond donors (Lipinski definition) is 4. The number of rotatable bonds is 4. The fraction of sp³-hybridized carbons (Fsp3) is 0.0833. The highest BCUT2D eigenvalue weighted by Crippen LogP contribution is 2.31. The summed E-state index contributed by atoms with van der Waals surface area (Å²) in [5, 5.41) is 12.6. The predicted octanol–water partition coefficient (Wildman–Crippen LogP) is 2.37. The number of imidazole rings is 1. The number of nitrogens with zero attached hydrogens (tertiary/aromatic N) is 3. The second-order valence-electron chi connectivity index (χ2n) is 7.95. The van der Waals surface area contributed by atoms with Crippen molar-refractivity contribution in [2.24, 2.45) is 4.99 Å². The summed E-state index contributed by atoms with van der Waals surface area (Å²) in [6.45, 7) is 0. The number of aromatic hydroxyl groups is 1. The maximum absolute atomic E-state index is 12.7. The molecule has 34 heavy (non-hydrogen) atoms. The van der Waals surface area contributed by atoms with E-state index in [0.29, 0.717) is 28.1 Å². The summed E-state index contributed by atoms with van der Waals surface area (Å²) in [6.07, 6.45) is 1.20. The molecule has 170 valence electrons. The van der Waals surface area contributed by atoms with E-state index in [1.807, 2.05) is 44.4 Å². The molecule has 0 unspecified atom stereocenters. The highest BCUT2D eigenvalue weighted by molar-refractivity contribution is 5.93. The Bertz CT molecular complexity index is 1770. The summed E-state index contributed by atoms with van der Waals surface area (Å²) in [7, 11) is 3.63. The summed E-state index contributed by atoms with van der Waals surface area (Å²) in [5.74, 6) is -0.531. The molecule has 0 saturated carbocycles. The van der Waals surface area contributed by atoms with Gasteiger partial charge in [0, 0.05) is 25.7 Å². The monoisotopic (exact) mass is 456 g/mol. The first kappa shape index (κ1) is 21.0. The van der Waals surface area contributed by atoms with E-state index in [-0.39, 0.29) is 11.3 Å². The molecule has 2 heterocycles. The predicted molar refractivity (Wildman–Crippen MR) is 132 cm³/mol. The van der Waals surface area contributed by atoms with Crippen molar-refractivity contribution in [3.05, 3.63) is 91.5 Å². The van der Waals surface area contributed by atoms with Crippen LogP contribution >= 0.6 is 0 Å². The van der Waals surface area contributed by atoms with Gasteiger partial charge in [0.25, 0.3) is 5.56 Å². The zero-order chi connectivity index (χ0) is 24.0. The lowest BCUT2D eigenvalue weighted by molar-refractivity contribution is 0.430. The van der Waals surface area contributed by atoms with Crippen LogP contribution in [0.2, 0.25) is 0 Å². The van der Waals surface area contributed by atoms with E-state index in [9.17, 15) is 19.5 Å². The average Bonchev–Trinajstić information content (AvgIpc) is 3.17. The Balaban J connectivity index is 1.69. The van der Waals surface area contributed by atoms with Gasteiger partial charge < -0.3 is 20.0 Å². The topological polar surface area (TPSA) is 139 Å². The first-order valence-corrected chi connectivity index (χ1v) is 10.4. The van der Waals surface area contributed by atoms with Gasteiger partial charge in [-0.1, -0.05) is 36.4 Å². The molecule has 2 aromatic heterocycles. The van der Waals surface area contributed by atoms with E-state index >= 15 is 0 Å². The van der Waals surface area contributed by atoms with Crippen molar-refractivity contribution in [3.63, 3.8) is 0 Å². The number of H-pyrrole nitrogens is 3. The van der Waals surface area contributed by atoms with Crippen LogP contribution in [0.5, 0.6) is 5.88 Å². The molecule has 0 saturated heterocycles. The van der Waals surface area contributed by atoms with Gasteiger partial charge in [0.1, 0.15) is 5.56 Å². The van der Waals surface area contributed by atoms with Crippen LogP contribution in [0.4, 0.5) is 11.4 Å². The van der Waals surface area contributed by atoms with Crippen LogP contribution in [-0.2, 0) is 0 Å². The van der Waals surface area contributed by atoms with Crippen LogP contribution in [0.1, 0.15) is 5.56 Å². The summed E-state index contributed by atoms with van der Waals surface area (Å²) >= 11 is 0. The van der Waals surface area contributed by atoms with Gasteiger partial charge in [-0.2, -0.15) is 0 Å². The lowest BCUT2D eigenvalue weighted by Crippen LogP contribution is -2.31. The molecule has 10 nitrogen and oxygen atoms in total. The molecule has 5 aromatic rings. The van der Waals surface area contributed by atoms with Gasteiger partial charge in [0.2, 0.25) is 5.88 Å². The summed E-state index contributed by atoms with van der Waals surface area (Å²) in [5.41, 5.74) is 0.636. The van der Waals surface area contributed by atoms with E-state index in [4.69, 9.17) is 0 Å². The van der Waals surface area contributed by atoms with Gasteiger partial charge in [-0.05, 0) is 23.6 Å². The zero-order valence-corrected chi connectivity index (χ0v) is 18.3. The Morgan fingerprint density at radius 1 is 0.941 bits per heavy atom. The number of benzene rings is 3. The molecule has 0 radical (unpaired) electrons. The van der Waals surface area contributed by atoms with Gasteiger partial charge in [-0.15, -0.1) is 0 Å². The smallest absolute Gasteiger partial charge is 0.335 e. The van der Waals surface area contributed by atoms with Crippen LogP contribution in [0.25, 0.3) is 27.5 Å². The maximum Gasteiger partial charge on any atom is 0.335 e. The third-order valence-electron chi connectivity index (χ3n) is 5.55. The molecule has 0 fully saturated rings. The third kappa shape index (κ3) is 3.47. The number of anilines is 1. The largest absolute Gasteiger partial charge is 0.493 e. The Kier molecular flexibility index (Phi) is 4.90. The Hall–Kier alpha value is -4.86. The molecule has 3 aromatic carbocycles. The van der Waals surface area contributed by atoms with Crippen LogP contribution in [0.15, 0.2) is 74.0 Å². The minimum atomic E-state index is -0.773. The van der Waals surface area contributed by atoms with Gasteiger partial charge >= 0.3 is 11.4 Å². The van der Waals surface area contributed by atoms with Crippen molar-refractivity contribution < 1.29 is 5.11 Å².